The van der Waals surface area contributed by atoms with E-state index < -0.39 is 0 Å². The number of pyridine rings is 1. The molecule has 26 heavy (non-hydrogen) atoms. The van der Waals surface area contributed by atoms with Gasteiger partial charge in [0.15, 0.2) is 5.78 Å². The molecule has 132 valence electrons. The fourth-order valence-corrected chi connectivity index (χ4v) is 3.82. The molecule has 0 radical (unpaired) electrons. The van der Waals surface area contributed by atoms with Gasteiger partial charge in [-0.1, -0.05) is 32.0 Å². The lowest BCUT2D eigenvalue weighted by Gasteiger charge is -2.29. The van der Waals surface area contributed by atoms with Crippen molar-refractivity contribution in [2.45, 2.75) is 33.6 Å². The van der Waals surface area contributed by atoms with Crippen molar-refractivity contribution < 1.29 is 4.79 Å². The van der Waals surface area contributed by atoms with E-state index in [9.17, 15) is 4.79 Å². The Kier molecular flexibility index (Phi) is 3.91. The molecule has 0 saturated heterocycles. The van der Waals surface area contributed by atoms with E-state index in [-0.39, 0.29) is 11.2 Å². The second kappa shape index (κ2) is 6.13. The molecule has 1 aromatic carbocycles. The Bertz CT molecular complexity index is 970. The number of hydrogen-bond acceptors (Lipinski definition) is 3. The maximum atomic E-state index is 12.6. The third-order valence-electron chi connectivity index (χ3n) is 4.92. The lowest BCUT2D eigenvalue weighted by molar-refractivity contribution is 0.0911. The van der Waals surface area contributed by atoms with Crippen molar-refractivity contribution in [1.29, 1.82) is 0 Å². The minimum atomic E-state index is -0.0139. The number of nitrogens with one attached hydrogen (secondary N) is 1. The van der Waals surface area contributed by atoms with Gasteiger partial charge in [-0.25, -0.2) is 0 Å². The first-order valence-corrected chi connectivity index (χ1v) is 8.95. The molecule has 0 aliphatic heterocycles. The number of anilines is 2. The van der Waals surface area contributed by atoms with Crippen LogP contribution in [0.2, 0.25) is 0 Å². The van der Waals surface area contributed by atoms with Crippen molar-refractivity contribution in [3.05, 3.63) is 71.8 Å². The Morgan fingerprint density at radius 1 is 1.04 bits per heavy atom. The smallest absolute Gasteiger partial charge is 0.165 e. The summed E-state index contributed by atoms with van der Waals surface area (Å²) in [4.78, 5) is 17.0. The fraction of sp³-hybridized carbons (Fsp3) is 0.273. The Balaban J connectivity index is 1.75. The van der Waals surface area contributed by atoms with Gasteiger partial charge in [-0.05, 0) is 43.0 Å². The van der Waals surface area contributed by atoms with Crippen molar-refractivity contribution in [2.75, 3.05) is 5.32 Å². The van der Waals surface area contributed by atoms with E-state index in [1.54, 1.807) is 0 Å². The molecule has 0 amide bonds. The third kappa shape index (κ3) is 3.03. The molecular formula is C22H23N3O. The standard InChI is InChI=1S/C22H23N3O/c1-15-9-19-20(11-22(2,3)12-21(19)26)25(15)18-10-17(13-23-14-18)24-16-7-5-4-6-8-16/h4-10,13-14,24H,11-12H2,1-3H3. The van der Waals surface area contributed by atoms with Crippen LogP contribution in [0.25, 0.3) is 5.69 Å². The number of benzene rings is 1. The molecule has 1 aliphatic carbocycles. The monoisotopic (exact) mass is 345 g/mol. The van der Waals surface area contributed by atoms with Crippen molar-refractivity contribution in [2.24, 2.45) is 5.41 Å². The summed E-state index contributed by atoms with van der Waals surface area (Å²) < 4.78 is 2.18. The predicted molar refractivity (Wildman–Crippen MR) is 104 cm³/mol. The van der Waals surface area contributed by atoms with Crippen LogP contribution in [0, 0.1) is 12.3 Å². The van der Waals surface area contributed by atoms with Crippen LogP contribution in [-0.4, -0.2) is 15.3 Å². The van der Waals surface area contributed by atoms with Crippen molar-refractivity contribution in [1.82, 2.24) is 9.55 Å². The zero-order valence-electron chi connectivity index (χ0n) is 15.4. The average molecular weight is 345 g/mol. The topological polar surface area (TPSA) is 46.9 Å². The lowest BCUT2D eigenvalue weighted by atomic mass is 9.76. The van der Waals surface area contributed by atoms with Crippen LogP contribution in [0.15, 0.2) is 54.9 Å². The molecule has 0 unspecified atom stereocenters. The average Bonchev–Trinajstić information content (AvgIpc) is 2.91. The van der Waals surface area contributed by atoms with E-state index in [4.69, 9.17) is 0 Å². The van der Waals surface area contributed by atoms with Crippen LogP contribution in [-0.2, 0) is 6.42 Å². The van der Waals surface area contributed by atoms with Crippen LogP contribution in [0.1, 0.15) is 42.0 Å². The van der Waals surface area contributed by atoms with Crippen molar-refractivity contribution >= 4 is 17.2 Å². The highest BCUT2D eigenvalue weighted by molar-refractivity contribution is 5.99. The number of nitrogens with zero attached hydrogens (tertiary/aromatic N) is 2. The molecular weight excluding hydrogens is 322 g/mol. The van der Waals surface area contributed by atoms with E-state index in [2.05, 4.69) is 41.7 Å². The number of para-hydroxylation sites is 1. The SMILES string of the molecule is Cc1cc2c(n1-c1cncc(Nc3ccccc3)c1)CC(C)(C)CC2=O. The molecule has 3 aromatic rings. The molecule has 1 aliphatic rings. The number of carbonyl (C=O) groups is 1. The van der Waals surface area contributed by atoms with Crippen LogP contribution >= 0.6 is 0 Å². The number of rotatable bonds is 3. The van der Waals surface area contributed by atoms with Gasteiger partial charge in [-0.3, -0.25) is 9.78 Å². The predicted octanol–water partition coefficient (Wildman–Crippen LogP) is 5.08. The minimum Gasteiger partial charge on any atom is -0.354 e. The van der Waals surface area contributed by atoms with Crippen molar-refractivity contribution in [3.63, 3.8) is 0 Å². The number of aromatic nitrogens is 2. The molecule has 0 fully saturated rings. The minimum absolute atomic E-state index is 0.0139. The number of ketones is 1. The summed E-state index contributed by atoms with van der Waals surface area (Å²) in [6.07, 6.45) is 5.17. The van der Waals surface area contributed by atoms with E-state index in [1.807, 2.05) is 48.8 Å². The van der Waals surface area contributed by atoms with E-state index >= 15 is 0 Å². The van der Waals surface area contributed by atoms with Crippen LogP contribution in [0.4, 0.5) is 11.4 Å². The second-order valence-electron chi connectivity index (χ2n) is 7.85. The van der Waals surface area contributed by atoms with Gasteiger partial charge in [0.05, 0.1) is 23.8 Å². The summed E-state index contributed by atoms with van der Waals surface area (Å²) in [5.41, 5.74) is 5.95. The van der Waals surface area contributed by atoms with Crippen molar-refractivity contribution in [3.8, 4) is 5.69 Å². The Morgan fingerprint density at radius 2 is 1.81 bits per heavy atom. The number of hydrogen-bond donors (Lipinski definition) is 1. The molecule has 4 nitrogen and oxygen atoms in total. The zero-order valence-corrected chi connectivity index (χ0v) is 15.4. The molecule has 0 saturated carbocycles. The first kappa shape index (κ1) is 16.6. The maximum absolute atomic E-state index is 12.6. The van der Waals surface area contributed by atoms with Gasteiger partial charge in [0, 0.05) is 29.1 Å². The second-order valence-corrected chi connectivity index (χ2v) is 7.85. The summed E-state index contributed by atoms with van der Waals surface area (Å²) in [5, 5.41) is 3.39. The molecule has 0 bridgehead atoms. The van der Waals surface area contributed by atoms with E-state index in [0.717, 1.165) is 40.4 Å². The van der Waals surface area contributed by atoms with Gasteiger partial charge in [-0.15, -0.1) is 0 Å². The molecule has 4 rings (SSSR count). The third-order valence-corrected chi connectivity index (χ3v) is 4.92. The van der Waals surface area contributed by atoms with Gasteiger partial charge in [0.2, 0.25) is 0 Å². The highest BCUT2D eigenvalue weighted by Crippen LogP contribution is 2.37. The Hall–Kier alpha value is -2.88. The number of fused-ring (bicyclic) bond motifs is 1. The Morgan fingerprint density at radius 3 is 2.58 bits per heavy atom. The van der Waals surface area contributed by atoms with E-state index in [1.165, 1.54) is 0 Å². The molecule has 4 heteroatoms. The quantitative estimate of drug-likeness (QED) is 0.720. The summed E-state index contributed by atoms with van der Waals surface area (Å²) in [7, 11) is 0. The number of carbonyl (C=O) groups excluding carboxylic acids is 1. The summed E-state index contributed by atoms with van der Waals surface area (Å²) >= 11 is 0. The van der Waals surface area contributed by atoms with Gasteiger partial charge < -0.3 is 9.88 Å². The number of aryl methyl sites for hydroxylation is 1. The maximum Gasteiger partial charge on any atom is 0.165 e. The first-order chi connectivity index (χ1) is 12.4. The van der Waals surface area contributed by atoms with Crippen LogP contribution in [0.3, 0.4) is 0 Å². The van der Waals surface area contributed by atoms with Gasteiger partial charge in [0.1, 0.15) is 0 Å². The number of Topliss-reactive ketones (excluding diaryl/α,β-unsaturated/α-hetero) is 1. The highest BCUT2D eigenvalue weighted by atomic mass is 16.1. The van der Waals surface area contributed by atoms with Gasteiger partial charge >= 0.3 is 0 Å². The van der Waals surface area contributed by atoms with Crippen LogP contribution < -0.4 is 5.32 Å². The van der Waals surface area contributed by atoms with Gasteiger partial charge in [0.25, 0.3) is 0 Å². The zero-order chi connectivity index (χ0) is 18.3. The Labute approximate surface area is 153 Å². The normalized spacial score (nSPS) is 15.6. The molecule has 1 N–H and O–H groups in total. The molecule has 0 spiro atoms. The summed E-state index contributed by atoms with van der Waals surface area (Å²) in [6, 6.07) is 14.1. The summed E-state index contributed by atoms with van der Waals surface area (Å²) in [5.74, 6) is 0.240. The van der Waals surface area contributed by atoms with E-state index in [0.29, 0.717) is 6.42 Å². The molecule has 0 atom stereocenters. The van der Waals surface area contributed by atoms with Crippen LogP contribution in [0.5, 0.6) is 0 Å². The molecule has 2 heterocycles. The largest absolute Gasteiger partial charge is 0.354 e. The van der Waals surface area contributed by atoms with Gasteiger partial charge in [-0.2, -0.15) is 0 Å². The molecule has 2 aromatic heterocycles. The summed E-state index contributed by atoms with van der Waals surface area (Å²) in [6.45, 7) is 6.37. The fourth-order valence-electron chi connectivity index (χ4n) is 3.82. The highest BCUT2D eigenvalue weighted by Gasteiger charge is 2.34. The lowest BCUT2D eigenvalue weighted by Crippen LogP contribution is -2.27. The first-order valence-electron chi connectivity index (χ1n) is 8.95.